The Morgan fingerprint density at radius 1 is 0.543 bits per heavy atom. The predicted molar refractivity (Wildman–Crippen MR) is 293 cm³/mol. The molecular formula is C64H48N3O2P. The van der Waals surface area contributed by atoms with E-state index < -0.39 is 7.44 Å². The van der Waals surface area contributed by atoms with Crippen LogP contribution < -0.4 is 19.5 Å². The van der Waals surface area contributed by atoms with Crippen LogP contribution in [0.5, 0.6) is 0 Å². The molecule has 70 heavy (non-hydrogen) atoms. The van der Waals surface area contributed by atoms with Crippen molar-refractivity contribution < 1.29 is 8.98 Å². The Labute approximate surface area is 408 Å². The van der Waals surface area contributed by atoms with Crippen LogP contribution in [0.25, 0.3) is 49.8 Å². The van der Waals surface area contributed by atoms with Gasteiger partial charge in [-0.3, -0.25) is 13.9 Å². The van der Waals surface area contributed by atoms with Gasteiger partial charge in [-0.1, -0.05) is 166 Å². The molecule has 6 heteroatoms. The molecule has 0 amide bonds. The number of hydrogen-bond donors (Lipinski definition) is 0. The van der Waals surface area contributed by atoms with Gasteiger partial charge in [0.05, 0.1) is 33.4 Å². The van der Waals surface area contributed by atoms with Crippen molar-refractivity contribution in [2.75, 3.05) is 14.2 Å². The molecule has 3 aliphatic rings. The standard InChI is InChI=1S/C64H48N3O2P/c1-64(2)54-29-17-16-28-52(54)62-55(64)30-18-31-57(62)65(48-38-34-45(35-39-48)44-20-8-3-4-9-21-44)58-32-19-33-61-63(58)53-42-46(37-41-60(53)69-61)47-36-40-56-59(43-47)67(50-24-12-6-13-25-50)70(68,51-26-14-7-15-27-51)66(56)49-22-10-5-11-23-49/h3-8,10-43H,9H2,1-2H3. The summed E-state index contributed by atoms with van der Waals surface area (Å²) in [5.74, 6) is 0. The van der Waals surface area contributed by atoms with Gasteiger partial charge in [-0.15, -0.1) is 0 Å². The lowest BCUT2D eigenvalue weighted by atomic mass is 9.82. The first-order valence-electron chi connectivity index (χ1n) is 24.0. The number of fused-ring (bicyclic) bond motifs is 7. The monoisotopic (exact) mass is 921 g/mol. The van der Waals surface area contributed by atoms with Crippen LogP contribution in [-0.4, -0.2) is 0 Å². The first kappa shape index (κ1) is 41.8. The minimum absolute atomic E-state index is 0.175. The molecule has 9 aromatic carbocycles. The van der Waals surface area contributed by atoms with Crippen molar-refractivity contribution in [2.24, 2.45) is 0 Å². The summed E-state index contributed by atoms with van der Waals surface area (Å²) in [4.78, 5) is 2.44. The predicted octanol–water partition coefficient (Wildman–Crippen LogP) is 17.7. The summed E-state index contributed by atoms with van der Waals surface area (Å²) >= 11 is 0. The van der Waals surface area contributed by atoms with Gasteiger partial charge in [0.15, 0.2) is 0 Å². The van der Waals surface area contributed by atoms with Gasteiger partial charge in [-0.05, 0) is 136 Å². The highest BCUT2D eigenvalue weighted by Crippen LogP contribution is 2.70. The molecule has 2 heterocycles. The van der Waals surface area contributed by atoms with Gasteiger partial charge < -0.3 is 9.32 Å². The molecule has 0 fully saturated rings. The van der Waals surface area contributed by atoms with E-state index in [1.807, 2.05) is 78.9 Å². The third kappa shape index (κ3) is 6.50. The molecule has 1 unspecified atom stereocenters. The van der Waals surface area contributed by atoms with Crippen molar-refractivity contribution in [2.45, 2.75) is 25.7 Å². The average Bonchev–Trinajstić information content (AvgIpc) is 3.88. The van der Waals surface area contributed by atoms with Crippen LogP contribution in [0.4, 0.5) is 39.8 Å². The van der Waals surface area contributed by atoms with Gasteiger partial charge in [-0.25, -0.2) is 0 Å². The van der Waals surface area contributed by atoms with Crippen LogP contribution in [0.1, 0.15) is 37.0 Å². The molecule has 1 atom stereocenters. The second-order valence-electron chi connectivity index (χ2n) is 18.8. The SMILES string of the molecule is CC1(C)c2ccccc2-c2c(N(c3ccc(C4=CCC=CC=C4)cc3)c3cccc4oc5ccc(-c6ccc7c(c6)N(c6ccccc6)P(=O)(c6ccccc6)N7c6ccccc6)cc5c34)cccc21. The number of benzene rings is 9. The molecule has 0 N–H and O–H groups in total. The van der Waals surface area contributed by atoms with Gasteiger partial charge in [0, 0.05) is 33.4 Å². The smallest absolute Gasteiger partial charge is 0.301 e. The first-order chi connectivity index (χ1) is 34.4. The molecular weight excluding hydrogens is 874 g/mol. The quantitative estimate of drug-likeness (QED) is 0.142. The summed E-state index contributed by atoms with van der Waals surface area (Å²) in [7, 11) is -3.53. The lowest BCUT2D eigenvalue weighted by Gasteiger charge is -2.33. The van der Waals surface area contributed by atoms with E-state index >= 15 is 4.57 Å². The van der Waals surface area contributed by atoms with Crippen molar-refractivity contribution in [1.82, 2.24) is 0 Å². The minimum atomic E-state index is -3.53. The van der Waals surface area contributed by atoms with Gasteiger partial charge in [-0.2, -0.15) is 0 Å². The molecule has 0 spiro atoms. The zero-order valence-electron chi connectivity index (χ0n) is 38.9. The molecule has 1 aromatic heterocycles. The van der Waals surface area contributed by atoms with Gasteiger partial charge in [0.2, 0.25) is 0 Å². The van der Waals surface area contributed by atoms with E-state index in [4.69, 9.17) is 4.42 Å². The second kappa shape index (κ2) is 16.4. The molecule has 0 saturated carbocycles. The number of nitrogens with zero attached hydrogens (tertiary/aromatic N) is 3. The van der Waals surface area contributed by atoms with Gasteiger partial charge in [0.1, 0.15) is 11.2 Å². The van der Waals surface area contributed by atoms with Crippen LogP contribution in [-0.2, 0) is 9.98 Å². The second-order valence-corrected chi connectivity index (χ2v) is 21.2. The van der Waals surface area contributed by atoms with Crippen molar-refractivity contribution in [3.05, 3.63) is 259 Å². The normalized spacial score (nSPS) is 16.5. The maximum atomic E-state index is 16.3. The van der Waals surface area contributed by atoms with E-state index in [1.54, 1.807) is 0 Å². The van der Waals surface area contributed by atoms with E-state index in [9.17, 15) is 0 Å². The summed E-state index contributed by atoms with van der Waals surface area (Å²) in [5.41, 5.74) is 17.7. The summed E-state index contributed by atoms with van der Waals surface area (Å²) < 4.78 is 27.2. The number of para-hydroxylation sites is 2. The number of allylic oxidation sites excluding steroid dienone is 6. The molecule has 13 rings (SSSR count). The summed E-state index contributed by atoms with van der Waals surface area (Å²) in [6, 6.07) is 74.3. The highest BCUT2D eigenvalue weighted by atomic mass is 31.2. The van der Waals surface area contributed by atoms with Crippen LogP contribution in [0, 0.1) is 0 Å². The zero-order chi connectivity index (χ0) is 47.0. The van der Waals surface area contributed by atoms with Crippen LogP contribution in [0.3, 0.4) is 0 Å². The van der Waals surface area contributed by atoms with E-state index in [0.29, 0.717) is 0 Å². The molecule has 1 aliphatic heterocycles. The van der Waals surface area contributed by atoms with Crippen LogP contribution in [0.2, 0.25) is 0 Å². The third-order valence-corrected chi connectivity index (χ3v) is 17.3. The van der Waals surface area contributed by atoms with E-state index in [2.05, 4.69) is 192 Å². The number of furan rings is 1. The van der Waals surface area contributed by atoms with Gasteiger partial charge in [0.25, 0.3) is 0 Å². The Kier molecular flexibility index (Phi) is 9.79. The first-order valence-corrected chi connectivity index (χ1v) is 25.6. The Hall–Kier alpha value is -8.37. The van der Waals surface area contributed by atoms with Crippen LogP contribution >= 0.6 is 7.44 Å². The fraction of sp³-hybridized carbons (Fsp3) is 0.0625. The Bertz CT molecular complexity index is 3820. The number of anilines is 7. The Morgan fingerprint density at radius 2 is 1.17 bits per heavy atom. The van der Waals surface area contributed by atoms with Crippen molar-refractivity contribution >= 4 is 80.1 Å². The van der Waals surface area contributed by atoms with E-state index in [0.717, 1.165) is 84.6 Å². The Morgan fingerprint density at radius 3 is 1.94 bits per heavy atom. The molecule has 5 nitrogen and oxygen atoms in total. The summed E-state index contributed by atoms with van der Waals surface area (Å²) in [6.07, 6.45) is 11.8. The number of rotatable bonds is 8. The molecule has 0 bridgehead atoms. The van der Waals surface area contributed by atoms with Crippen molar-refractivity contribution in [3.8, 4) is 22.3 Å². The van der Waals surface area contributed by atoms with Gasteiger partial charge >= 0.3 is 7.44 Å². The topological polar surface area (TPSA) is 39.9 Å². The molecule has 0 radical (unpaired) electrons. The third-order valence-electron chi connectivity index (χ3n) is 14.4. The van der Waals surface area contributed by atoms with E-state index in [1.165, 1.54) is 33.4 Å². The fourth-order valence-electron chi connectivity index (χ4n) is 11.1. The maximum absolute atomic E-state index is 16.3. The van der Waals surface area contributed by atoms with E-state index in [-0.39, 0.29) is 5.41 Å². The zero-order valence-corrected chi connectivity index (χ0v) is 39.8. The fourth-order valence-corrected chi connectivity index (χ4v) is 14.1. The highest BCUT2D eigenvalue weighted by Gasteiger charge is 2.49. The molecule has 336 valence electrons. The van der Waals surface area contributed by atoms with Crippen molar-refractivity contribution in [3.63, 3.8) is 0 Å². The van der Waals surface area contributed by atoms with Crippen molar-refractivity contribution in [1.29, 1.82) is 0 Å². The molecule has 2 aliphatic carbocycles. The van der Waals surface area contributed by atoms with Crippen LogP contribution in [0.15, 0.2) is 247 Å². The average molecular weight is 922 g/mol. The summed E-state index contributed by atoms with van der Waals surface area (Å²) in [6.45, 7) is 4.68. The largest absolute Gasteiger partial charge is 0.456 e. The molecule has 0 saturated heterocycles. The lowest BCUT2D eigenvalue weighted by molar-refractivity contribution is 0.582. The lowest BCUT2D eigenvalue weighted by Crippen LogP contribution is -2.26. The Balaban J connectivity index is 1.01. The molecule has 10 aromatic rings. The minimum Gasteiger partial charge on any atom is -0.456 e. The highest BCUT2D eigenvalue weighted by molar-refractivity contribution is 7.76. The maximum Gasteiger partial charge on any atom is 0.301 e. The number of hydrogen-bond acceptors (Lipinski definition) is 3. The summed E-state index contributed by atoms with van der Waals surface area (Å²) in [5, 5.41) is 2.80.